The summed E-state index contributed by atoms with van der Waals surface area (Å²) in [7, 11) is 0. The molecule has 7 heteroatoms. The molecule has 1 heterocycles. The summed E-state index contributed by atoms with van der Waals surface area (Å²) in [4.78, 5) is 40.1. The molecule has 7 nitrogen and oxygen atoms in total. The van der Waals surface area contributed by atoms with E-state index in [4.69, 9.17) is 5.11 Å². The Kier molecular flexibility index (Phi) is 6.10. The summed E-state index contributed by atoms with van der Waals surface area (Å²) < 4.78 is 0. The van der Waals surface area contributed by atoms with Gasteiger partial charge in [-0.1, -0.05) is 36.4 Å². The van der Waals surface area contributed by atoms with Crippen LogP contribution in [0, 0.1) is 0 Å². The van der Waals surface area contributed by atoms with Crippen molar-refractivity contribution in [3.63, 3.8) is 0 Å². The Bertz CT molecular complexity index is 1160. The summed E-state index contributed by atoms with van der Waals surface area (Å²) >= 11 is 0. The van der Waals surface area contributed by atoms with Crippen LogP contribution in [0.1, 0.15) is 10.4 Å². The van der Waals surface area contributed by atoms with E-state index in [0.29, 0.717) is 16.9 Å². The molecule has 0 spiro atoms. The van der Waals surface area contributed by atoms with E-state index in [9.17, 15) is 14.4 Å². The first-order chi connectivity index (χ1) is 15.6. The zero-order chi connectivity index (χ0) is 22.5. The third-order valence-electron chi connectivity index (χ3n) is 4.98. The number of para-hydroxylation sites is 1. The third-order valence-corrected chi connectivity index (χ3v) is 4.98. The highest BCUT2D eigenvalue weighted by molar-refractivity contribution is 6.17. The number of carbonyl (C=O) groups excluding carboxylic acids is 3. The van der Waals surface area contributed by atoms with E-state index in [1.165, 1.54) is 6.08 Å². The van der Waals surface area contributed by atoms with Crippen molar-refractivity contribution in [2.45, 2.75) is 0 Å². The first kappa shape index (κ1) is 21.0. The molecule has 2 N–H and O–H groups in total. The molecule has 3 amide bonds. The van der Waals surface area contributed by atoms with Gasteiger partial charge < -0.3 is 10.4 Å². The molecule has 0 aliphatic carbocycles. The van der Waals surface area contributed by atoms with Crippen molar-refractivity contribution in [3.05, 3.63) is 102 Å². The summed E-state index contributed by atoms with van der Waals surface area (Å²) in [5, 5.41) is 12.0. The fourth-order valence-electron chi connectivity index (χ4n) is 3.43. The lowest BCUT2D eigenvalue weighted by atomic mass is 10.1. The third kappa shape index (κ3) is 4.28. The SMILES string of the molecule is O=C1C=C(Nc2ccc(N(C(=O)c3ccccc3)c3ccccc3)cc2)C(=O)N1CCO. The molecule has 4 rings (SSSR count). The van der Waals surface area contributed by atoms with Gasteiger partial charge in [0.1, 0.15) is 5.70 Å². The van der Waals surface area contributed by atoms with Gasteiger partial charge in [-0.25, -0.2) is 0 Å². The lowest BCUT2D eigenvalue weighted by Crippen LogP contribution is -2.34. The van der Waals surface area contributed by atoms with Crippen LogP contribution in [0.5, 0.6) is 0 Å². The van der Waals surface area contributed by atoms with E-state index < -0.39 is 11.8 Å². The molecule has 3 aromatic carbocycles. The van der Waals surface area contributed by atoms with Crippen molar-refractivity contribution in [1.82, 2.24) is 4.90 Å². The Balaban J connectivity index is 1.59. The quantitative estimate of drug-likeness (QED) is 0.565. The van der Waals surface area contributed by atoms with Gasteiger partial charge in [0.2, 0.25) is 0 Å². The second-order valence-electron chi connectivity index (χ2n) is 7.09. The molecule has 0 atom stereocenters. The number of hydrogen-bond acceptors (Lipinski definition) is 5. The maximum atomic E-state index is 13.3. The Hall–Kier alpha value is -4.23. The fourth-order valence-corrected chi connectivity index (χ4v) is 3.43. The van der Waals surface area contributed by atoms with Crippen LogP contribution in [0.3, 0.4) is 0 Å². The van der Waals surface area contributed by atoms with Gasteiger partial charge in [-0.3, -0.25) is 24.2 Å². The van der Waals surface area contributed by atoms with Crippen LogP contribution in [0.15, 0.2) is 96.7 Å². The van der Waals surface area contributed by atoms with Crippen LogP contribution in [0.25, 0.3) is 0 Å². The monoisotopic (exact) mass is 427 g/mol. The molecular weight excluding hydrogens is 406 g/mol. The molecule has 0 saturated heterocycles. The Morgan fingerprint density at radius 2 is 1.44 bits per heavy atom. The predicted octanol–water partition coefficient (Wildman–Crippen LogP) is 3.32. The molecule has 0 aromatic heterocycles. The number of rotatable bonds is 7. The van der Waals surface area contributed by atoms with Gasteiger partial charge in [-0.2, -0.15) is 0 Å². The number of hydrogen-bond donors (Lipinski definition) is 2. The maximum Gasteiger partial charge on any atom is 0.277 e. The molecule has 0 radical (unpaired) electrons. The zero-order valence-corrected chi connectivity index (χ0v) is 17.1. The van der Waals surface area contributed by atoms with Crippen LogP contribution in [0.2, 0.25) is 0 Å². The standard InChI is InChI=1S/C25H21N3O4/c29-16-15-27-23(30)17-22(25(27)32)26-19-11-13-21(14-12-19)28(20-9-5-2-6-10-20)24(31)18-7-3-1-4-8-18/h1-14,17,26,29H,15-16H2. The minimum Gasteiger partial charge on any atom is -0.395 e. The van der Waals surface area contributed by atoms with Crippen LogP contribution < -0.4 is 10.2 Å². The first-order valence-corrected chi connectivity index (χ1v) is 10.1. The number of nitrogens with zero attached hydrogens (tertiary/aromatic N) is 2. The van der Waals surface area contributed by atoms with E-state index in [-0.39, 0.29) is 24.8 Å². The van der Waals surface area contributed by atoms with Gasteiger partial charge in [0, 0.05) is 28.7 Å². The van der Waals surface area contributed by atoms with Crippen molar-refractivity contribution in [2.75, 3.05) is 23.4 Å². The number of aliphatic hydroxyl groups is 1. The minimum absolute atomic E-state index is 0.0497. The second-order valence-corrected chi connectivity index (χ2v) is 7.09. The van der Waals surface area contributed by atoms with Gasteiger partial charge in [0.25, 0.3) is 17.7 Å². The lowest BCUT2D eigenvalue weighted by molar-refractivity contribution is -0.137. The van der Waals surface area contributed by atoms with Crippen molar-refractivity contribution in [1.29, 1.82) is 0 Å². The molecule has 32 heavy (non-hydrogen) atoms. The van der Waals surface area contributed by atoms with Gasteiger partial charge in [-0.15, -0.1) is 0 Å². The normalized spacial score (nSPS) is 13.2. The molecule has 1 aliphatic rings. The highest BCUT2D eigenvalue weighted by Crippen LogP contribution is 2.29. The number of amides is 3. The number of aliphatic hydroxyl groups excluding tert-OH is 1. The summed E-state index contributed by atoms with van der Waals surface area (Å²) in [6.45, 7) is -0.343. The fraction of sp³-hybridized carbons (Fsp3) is 0.0800. The number of carbonyl (C=O) groups is 3. The number of anilines is 3. The van der Waals surface area contributed by atoms with E-state index in [0.717, 1.165) is 10.6 Å². The van der Waals surface area contributed by atoms with Crippen LogP contribution >= 0.6 is 0 Å². The molecule has 1 aliphatic heterocycles. The van der Waals surface area contributed by atoms with Crippen molar-refractivity contribution in [3.8, 4) is 0 Å². The van der Waals surface area contributed by atoms with E-state index in [1.807, 2.05) is 48.5 Å². The van der Waals surface area contributed by atoms with Gasteiger partial charge in [0.05, 0.1) is 13.2 Å². The molecule has 0 bridgehead atoms. The van der Waals surface area contributed by atoms with Crippen molar-refractivity contribution < 1.29 is 19.5 Å². The predicted molar refractivity (Wildman–Crippen MR) is 121 cm³/mol. The summed E-state index contributed by atoms with van der Waals surface area (Å²) in [5.74, 6) is -1.12. The number of nitrogens with one attached hydrogen (secondary N) is 1. The summed E-state index contributed by atoms with van der Waals surface area (Å²) in [6, 6.07) is 25.4. The largest absolute Gasteiger partial charge is 0.395 e. The molecule has 0 fully saturated rings. The average Bonchev–Trinajstić information content (AvgIpc) is 3.09. The van der Waals surface area contributed by atoms with Gasteiger partial charge in [-0.05, 0) is 48.5 Å². The van der Waals surface area contributed by atoms with E-state index in [2.05, 4.69) is 5.32 Å². The first-order valence-electron chi connectivity index (χ1n) is 10.1. The molecule has 160 valence electrons. The lowest BCUT2D eigenvalue weighted by Gasteiger charge is -2.23. The Morgan fingerprint density at radius 3 is 2.06 bits per heavy atom. The highest BCUT2D eigenvalue weighted by Gasteiger charge is 2.30. The van der Waals surface area contributed by atoms with Crippen LogP contribution in [-0.2, 0) is 9.59 Å². The van der Waals surface area contributed by atoms with E-state index >= 15 is 0 Å². The van der Waals surface area contributed by atoms with E-state index in [1.54, 1.807) is 41.3 Å². The topological polar surface area (TPSA) is 90.0 Å². The van der Waals surface area contributed by atoms with Gasteiger partial charge >= 0.3 is 0 Å². The van der Waals surface area contributed by atoms with Gasteiger partial charge in [0.15, 0.2) is 0 Å². The second kappa shape index (κ2) is 9.28. The van der Waals surface area contributed by atoms with Crippen LogP contribution in [-0.4, -0.2) is 40.9 Å². The van der Waals surface area contributed by atoms with Crippen molar-refractivity contribution in [2.24, 2.45) is 0 Å². The number of benzene rings is 3. The Labute approximate surface area is 185 Å². The zero-order valence-electron chi connectivity index (χ0n) is 17.1. The molecule has 3 aromatic rings. The number of imide groups is 1. The molecule has 0 unspecified atom stereocenters. The highest BCUT2D eigenvalue weighted by atomic mass is 16.3. The summed E-state index contributed by atoms with van der Waals surface area (Å²) in [5.41, 5.74) is 2.66. The average molecular weight is 427 g/mol. The number of β-amino-alcohol motifs (C(OH)–C–C–N with tert-alkyl or cyclic N) is 1. The van der Waals surface area contributed by atoms with Crippen LogP contribution in [0.4, 0.5) is 17.1 Å². The Morgan fingerprint density at radius 1 is 0.844 bits per heavy atom. The molecule has 0 saturated carbocycles. The summed E-state index contributed by atoms with van der Waals surface area (Å²) in [6.07, 6.45) is 1.21. The maximum absolute atomic E-state index is 13.3. The molecular formula is C25H21N3O4. The smallest absolute Gasteiger partial charge is 0.277 e. The minimum atomic E-state index is -0.488. The van der Waals surface area contributed by atoms with Crippen molar-refractivity contribution >= 4 is 34.8 Å².